The third-order valence-corrected chi connectivity index (χ3v) is 3.80. The van der Waals surface area contributed by atoms with E-state index in [0.717, 1.165) is 16.7 Å². The summed E-state index contributed by atoms with van der Waals surface area (Å²) in [4.78, 5) is 24.2. The van der Waals surface area contributed by atoms with Gasteiger partial charge in [-0.2, -0.15) is 0 Å². The van der Waals surface area contributed by atoms with E-state index in [9.17, 15) is 14.7 Å². The van der Waals surface area contributed by atoms with Crippen molar-refractivity contribution < 1.29 is 14.7 Å². The Morgan fingerprint density at radius 2 is 2.00 bits per heavy atom. The van der Waals surface area contributed by atoms with Gasteiger partial charge >= 0.3 is 0 Å². The van der Waals surface area contributed by atoms with E-state index in [1.807, 2.05) is 0 Å². The van der Waals surface area contributed by atoms with Crippen molar-refractivity contribution in [3.8, 4) is 5.75 Å². The smallest absolute Gasteiger partial charge is 0.293 e. The van der Waals surface area contributed by atoms with E-state index < -0.39 is 5.91 Å². The molecule has 1 heterocycles. The van der Waals surface area contributed by atoms with Gasteiger partial charge in [-0.05, 0) is 30.0 Å². The zero-order valence-corrected chi connectivity index (χ0v) is 11.4. The lowest BCUT2D eigenvalue weighted by atomic mass is 10.2. The summed E-state index contributed by atoms with van der Waals surface area (Å²) in [5.41, 5.74) is 0.298. The molecule has 1 fully saturated rings. The molecule has 18 heavy (non-hydrogen) atoms. The minimum Gasteiger partial charge on any atom is -0.506 e. The summed E-state index contributed by atoms with van der Waals surface area (Å²) < 4.78 is 0. The number of aromatic hydroxyl groups is 1. The lowest BCUT2D eigenvalue weighted by Crippen LogP contribution is -2.22. The van der Waals surface area contributed by atoms with Crippen LogP contribution in [0.2, 0.25) is 10.0 Å². The first-order valence-electron chi connectivity index (χ1n) is 4.79. The number of thioether (sulfide) groups is 1. The van der Waals surface area contributed by atoms with Gasteiger partial charge in [0.2, 0.25) is 0 Å². The molecule has 7 heteroatoms. The normalized spacial score (nSPS) is 17.9. The van der Waals surface area contributed by atoms with Crippen LogP contribution in [0, 0.1) is 0 Å². The van der Waals surface area contributed by atoms with E-state index in [-0.39, 0.29) is 20.9 Å². The van der Waals surface area contributed by atoms with E-state index in [2.05, 4.69) is 0 Å². The number of carbonyl (C=O) groups excluding carboxylic acids is 2. The summed E-state index contributed by atoms with van der Waals surface area (Å²) in [6.45, 7) is 0. The first kappa shape index (κ1) is 13.3. The first-order valence-corrected chi connectivity index (χ1v) is 6.37. The van der Waals surface area contributed by atoms with Crippen molar-refractivity contribution in [3.05, 3.63) is 32.6 Å². The Labute approximate surface area is 117 Å². The molecule has 1 aromatic rings. The number of phenolic OH excluding ortho intramolecular Hbond substituents is 1. The van der Waals surface area contributed by atoms with E-state index in [0.29, 0.717) is 10.6 Å². The van der Waals surface area contributed by atoms with Crippen molar-refractivity contribution >= 4 is 52.2 Å². The third kappa shape index (κ3) is 2.34. The van der Waals surface area contributed by atoms with Crippen LogP contribution in [0.15, 0.2) is 17.0 Å². The average molecular weight is 304 g/mol. The standard InChI is InChI=1S/C11H7Cl2NO3S/c1-14-10(16)8(18-11(14)17)3-5-2-6(12)4-7(13)9(5)15/h2-4,15H,1H3/b8-3-. The summed E-state index contributed by atoms with van der Waals surface area (Å²) in [6, 6.07) is 2.85. The molecule has 0 radical (unpaired) electrons. The van der Waals surface area contributed by atoms with Gasteiger partial charge in [0, 0.05) is 17.6 Å². The Hall–Kier alpha value is -1.17. The molecule has 0 atom stereocenters. The van der Waals surface area contributed by atoms with Gasteiger partial charge in [-0.15, -0.1) is 0 Å². The number of hydrogen-bond acceptors (Lipinski definition) is 4. The fourth-order valence-corrected chi connectivity index (χ4v) is 2.71. The molecule has 0 aliphatic carbocycles. The Morgan fingerprint density at radius 1 is 1.33 bits per heavy atom. The van der Waals surface area contributed by atoms with Gasteiger partial charge in [0.15, 0.2) is 0 Å². The minimum atomic E-state index is -0.416. The highest BCUT2D eigenvalue weighted by Crippen LogP contribution is 2.36. The average Bonchev–Trinajstić information content (AvgIpc) is 2.53. The largest absolute Gasteiger partial charge is 0.506 e. The van der Waals surface area contributed by atoms with Crippen LogP contribution in [-0.2, 0) is 4.79 Å². The molecule has 0 spiro atoms. The van der Waals surface area contributed by atoms with Crippen molar-refractivity contribution in [2.45, 2.75) is 0 Å². The molecular weight excluding hydrogens is 297 g/mol. The molecule has 1 aromatic carbocycles. The molecule has 0 saturated carbocycles. The Morgan fingerprint density at radius 3 is 2.56 bits per heavy atom. The number of hydrogen-bond donors (Lipinski definition) is 1. The maximum atomic E-state index is 11.7. The summed E-state index contributed by atoms with van der Waals surface area (Å²) in [6.07, 6.45) is 1.39. The summed E-state index contributed by atoms with van der Waals surface area (Å²) in [7, 11) is 1.39. The number of nitrogens with zero attached hydrogens (tertiary/aromatic N) is 1. The van der Waals surface area contributed by atoms with Crippen LogP contribution in [0.5, 0.6) is 5.75 Å². The van der Waals surface area contributed by atoms with Crippen molar-refractivity contribution in [2.75, 3.05) is 7.05 Å². The van der Waals surface area contributed by atoms with Crippen LogP contribution >= 0.6 is 35.0 Å². The molecule has 1 N–H and O–H groups in total. The molecule has 2 amide bonds. The monoisotopic (exact) mass is 303 g/mol. The Balaban J connectivity index is 2.46. The molecule has 1 saturated heterocycles. The quantitative estimate of drug-likeness (QED) is 0.808. The number of rotatable bonds is 1. The van der Waals surface area contributed by atoms with Gasteiger partial charge in [0.1, 0.15) is 5.75 Å². The van der Waals surface area contributed by atoms with Crippen molar-refractivity contribution in [1.29, 1.82) is 0 Å². The molecule has 94 valence electrons. The van der Waals surface area contributed by atoms with Gasteiger partial charge in [-0.25, -0.2) is 0 Å². The lowest BCUT2D eigenvalue weighted by Gasteiger charge is -2.04. The second-order valence-electron chi connectivity index (χ2n) is 3.57. The fraction of sp³-hybridized carbons (Fsp3) is 0.0909. The number of carbonyl (C=O) groups is 2. The molecular formula is C11H7Cl2NO3S. The maximum Gasteiger partial charge on any atom is 0.293 e. The highest BCUT2D eigenvalue weighted by molar-refractivity contribution is 8.18. The molecule has 1 aliphatic rings. The Kier molecular flexibility index (Phi) is 3.56. The molecule has 0 unspecified atom stereocenters. The number of halogens is 2. The van der Waals surface area contributed by atoms with Crippen LogP contribution < -0.4 is 0 Å². The first-order chi connectivity index (χ1) is 8.40. The van der Waals surface area contributed by atoms with E-state index in [1.54, 1.807) is 0 Å². The Bertz CT molecular complexity index is 586. The molecule has 4 nitrogen and oxygen atoms in total. The fourth-order valence-electron chi connectivity index (χ4n) is 1.38. The van der Waals surface area contributed by atoms with Gasteiger partial charge in [-0.3, -0.25) is 14.5 Å². The second-order valence-corrected chi connectivity index (χ2v) is 5.40. The number of phenols is 1. The molecule has 2 rings (SSSR count). The highest BCUT2D eigenvalue weighted by Gasteiger charge is 2.32. The summed E-state index contributed by atoms with van der Waals surface area (Å²) >= 11 is 12.4. The number of amides is 2. The van der Waals surface area contributed by atoms with Gasteiger partial charge in [0.05, 0.1) is 9.93 Å². The van der Waals surface area contributed by atoms with Crippen molar-refractivity contribution in [3.63, 3.8) is 0 Å². The SMILES string of the molecule is CN1C(=O)S/C(=C\c2cc(Cl)cc(Cl)c2O)C1=O. The lowest BCUT2D eigenvalue weighted by molar-refractivity contribution is -0.121. The predicted molar refractivity (Wildman–Crippen MR) is 71.9 cm³/mol. The van der Waals surface area contributed by atoms with Gasteiger partial charge in [0.25, 0.3) is 11.1 Å². The predicted octanol–water partition coefficient (Wildman–Crippen LogP) is 3.37. The second kappa shape index (κ2) is 4.84. The van der Waals surface area contributed by atoms with Crippen molar-refractivity contribution in [1.82, 2.24) is 4.90 Å². The summed E-state index contributed by atoms with van der Waals surface area (Å²) in [5.74, 6) is -0.593. The number of benzene rings is 1. The van der Waals surface area contributed by atoms with Crippen LogP contribution in [-0.4, -0.2) is 28.2 Å². The number of likely N-dealkylation sites (N-methyl/N-ethyl adjacent to an activating group) is 1. The van der Waals surface area contributed by atoms with E-state index in [4.69, 9.17) is 23.2 Å². The molecule has 0 aromatic heterocycles. The van der Waals surface area contributed by atoms with E-state index in [1.165, 1.54) is 25.3 Å². The van der Waals surface area contributed by atoms with Crippen LogP contribution in [0.4, 0.5) is 4.79 Å². The molecule has 1 aliphatic heterocycles. The van der Waals surface area contributed by atoms with Crippen LogP contribution in [0.25, 0.3) is 6.08 Å². The van der Waals surface area contributed by atoms with Crippen LogP contribution in [0.1, 0.15) is 5.56 Å². The molecule has 0 bridgehead atoms. The third-order valence-electron chi connectivity index (χ3n) is 2.33. The zero-order valence-electron chi connectivity index (χ0n) is 9.11. The van der Waals surface area contributed by atoms with Crippen molar-refractivity contribution in [2.24, 2.45) is 0 Å². The van der Waals surface area contributed by atoms with E-state index >= 15 is 0 Å². The van der Waals surface area contributed by atoms with Gasteiger partial charge in [-0.1, -0.05) is 23.2 Å². The summed E-state index contributed by atoms with van der Waals surface area (Å²) in [5, 5.41) is 9.80. The van der Waals surface area contributed by atoms with Gasteiger partial charge < -0.3 is 5.11 Å². The van der Waals surface area contributed by atoms with Crippen LogP contribution in [0.3, 0.4) is 0 Å². The zero-order chi connectivity index (χ0) is 13.4. The topological polar surface area (TPSA) is 57.6 Å². The minimum absolute atomic E-state index is 0.0875. The maximum absolute atomic E-state index is 11.7. The highest BCUT2D eigenvalue weighted by atomic mass is 35.5. The number of imide groups is 1.